The van der Waals surface area contributed by atoms with E-state index in [1.807, 2.05) is 0 Å². The molecule has 0 aromatic heterocycles. The molecule has 3 rings (SSSR count). The first kappa shape index (κ1) is 14.3. The van der Waals surface area contributed by atoms with Gasteiger partial charge in [-0.25, -0.2) is 0 Å². The highest BCUT2D eigenvalue weighted by atomic mass is 16.1. The Morgan fingerprint density at radius 1 is 1.29 bits per heavy atom. The van der Waals surface area contributed by atoms with Crippen molar-refractivity contribution in [2.45, 2.75) is 26.7 Å². The summed E-state index contributed by atoms with van der Waals surface area (Å²) in [5.74, 6) is 0.371. The zero-order valence-electron chi connectivity index (χ0n) is 13.2. The number of rotatable bonds is 3. The van der Waals surface area contributed by atoms with Crippen molar-refractivity contribution in [1.82, 2.24) is 10.2 Å². The first-order valence-corrected chi connectivity index (χ1v) is 7.81. The standard InChI is InChI=1S/C18H24N2O/c1-12-4-7-17-13(2)15(6-5-14(17)8-12)9-20-10-16(11-20)18(21)19-3/h4,7-8,16H,5-6,9-11H2,1-3H3,(H,19,21). The fourth-order valence-corrected chi connectivity index (χ4v) is 3.50. The monoisotopic (exact) mass is 284 g/mol. The van der Waals surface area contributed by atoms with Crippen LogP contribution in [0.15, 0.2) is 23.8 Å². The summed E-state index contributed by atoms with van der Waals surface area (Å²) in [6.07, 6.45) is 2.31. The van der Waals surface area contributed by atoms with Crippen LogP contribution in [0.5, 0.6) is 0 Å². The lowest BCUT2D eigenvalue weighted by atomic mass is 9.84. The minimum absolute atomic E-state index is 0.182. The molecule has 0 radical (unpaired) electrons. The molecule has 0 unspecified atom stereocenters. The quantitative estimate of drug-likeness (QED) is 0.924. The highest BCUT2D eigenvalue weighted by Gasteiger charge is 2.32. The van der Waals surface area contributed by atoms with Gasteiger partial charge in [-0.05, 0) is 43.4 Å². The maximum Gasteiger partial charge on any atom is 0.225 e. The number of hydrogen-bond donors (Lipinski definition) is 1. The van der Waals surface area contributed by atoms with Crippen molar-refractivity contribution in [3.63, 3.8) is 0 Å². The molecule has 0 spiro atoms. The van der Waals surface area contributed by atoms with Crippen molar-refractivity contribution in [2.24, 2.45) is 5.92 Å². The van der Waals surface area contributed by atoms with Gasteiger partial charge >= 0.3 is 0 Å². The van der Waals surface area contributed by atoms with Crippen LogP contribution >= 0.6 is 0 Å². The average Bonchev–Trinajstić information content (AvgIpc) is 2.43. The molecule has 0 atom stereocenters. The lowest BCUT2D eigenvalue weighted by molar-refractivity contribution is -0.129. The summed E-state index contributed by atoms with van der Waals surface area (Å²) in [6.45, 7) is 7.23. The molecule has 0 saturated carbocycles. The van der Waals surface area contributed by atoms with E-state index in [2.05, 4.69) is 42.3 Å². The predicted octanol–water partition coefficient (Wildman–Crippen LogP) is 2.39. The van der Waals surface area contributed by atoms with Gasteiger partial charge in [0.1, 0.15) is 0 Å². The summed E-state index contributed by atoms with van der Waals surface area (Å²) in [7, 11) is 1.72. The number of benzene rings is 1. The molecular formula is C18H24N2O. The van der Waals surface area contributed by atoms with Crippen molar-refractivity contribution in [3.8, 4) is 0 Å². The molecule has 1 fully saturated rings. The second-order valence-corrected chi connectivity index (χ2v) is 6.39. The first-order chi connectivity index (χ1) is 10.1. The van der Waals surface area contributed by atoms with Crippen LogP contribution in [0, 0.1) is 12.8 Å². The number of hydrogen-bond acceptors (Lipinski definition) is 2. The van der Waals surface area contributed by atoms with E-state index < -0.39 is 0 Å². The third kappa shape index (κ3) is 2.75. The van der Waals surface area contributed by atoms with Crippen molar-refractivity contribution in [1.29, 1.82) is 0 Å². The molecule has 1 saturated heterocycles. The van der Waals surface area contributed by atoms with Gasteiger partial charge in [-0.2, -0.15) is 0 Å². The van der Waals surface area contributed by atoms with Crippen molar-refractivity contribution in [2.75, 3.05) is 26.7 Å². The Labute approximate surface area is 127 Å². The van der Waals surface area contributed by atoms with Crippen molar-refractivity contribution < 1.29 is 4.79 Å². The third-order valence-electron chi connectivity index (χ3n) is 4.88. The molecule has 3 nitrogen and oxygen atoms in total. The molecule has 0 bridgehead atoms. The van der Waals surface area contributed by atoms with E-state index in [-0.39, 0.29) is 11.8 Å². The summed E-state index contributed by atoms with van der Waals surface area (Å²) >= 11 is 0. The highest BCUT2D eigenvalue weighted by molar-refractivity contribution is 5.79. The molecule has 1 aliphatic carbocycles. The Kier molecular flexibility index (Phi) is 3.85. The largest absolute Gasteiger partial charge is 0.359 e. The number of nitrogens with one attached hydrogen (secondary N) is 1. The molecular weight excluding hydrogens is 260 g/mol. The predicted molar refractivity (Wildman–Crippen MR) is 86.1 cm³/mol. The lowest BCUT2D eigenvalue weighted by Crippen LogP contribution is -2.53. The van der Waals surface area contributed by atoms with Crippen molar-refractivity contribution in [3.05, 3.63) is 40.5 Å². The summed E-state index contributed by atoms with van der Waals surface area (Å²) in [4.78, 5) is 13.9. The lowest BCUT2D eigenvalue weighted by Gasteiger charge is -2.39. The van der Waals surface area contributed by atoms with E-state index in [0.29, 0.717) is 0 Å². The normalized spacial score (nSPS) is 19.2. The Bertz CT molecular complexity index is 597. The first-order valence-electron chi connectivity index (χ1n) is 7.81. The number of nitrogens with zero attached hydrogens (tertiary/aromatic N) is 1. The van der Waals surface area contributed by atoms with E-state index >= 15 is 0 Å². The van der Waals surface area contributed by atoms with Gasteiger partial charge in [0.15, 0.2) is 0 Å². The van der Waals surface area contributed by atoms with Crippen LogP contribution in [0.1, 0.15) is 30.0 Å². The van der Waals surface area contributed by atoms with Crippen LogP contribution in [0.25, 0.3) is 5.57 Å². The SMILES string of the molecule is CNC(=O)C1CN(CC2=C(C)c3ccc(C)cc3CC2)C1. The van der Waals surface area contributed by atoms with Crippen LogP contribution in [-0.4, -0.2) is 37.5 Å². The van der Waals surface area contributed by atoms with Crippen LogP contribution in [0.2, 0.25) is 0 Å². The summed E-state index contributed by atoms with van der Waals surface area (Å²) in [6, 6.07) is 6.79. The number of aryl methyl sites for hydroxylation is 2. The summed E-state index contributed by atoms with van der Waals surface area (Å²) < 4.78 is 0. The van der Waals surface area contributed by atoms with Crippen molar-refractivity contribution >= 4 is 11.5 Å². The second-order valence-electron chi connectivity index (χ2n) is 6.39. The Morgan fingerprint density at radius 2 is 2.05 bits per heavy atom. The molecule has 1 amide bonds. The Balaban J connectivity index is 1.68. The number of carbonyl (C=O) groups excluding carboxylic acids is 1. The molecule has 1 aromatic carbocycles. The number of amides is 1. The smallest absolute Gasteiger partial charge is 0.225 e. The maximum absolute atomic E-state index is 11.5. The fraction of sp³-hybridized carbons (Fsp3) is 0.500. The summed E-state index contributed by atoms with van der Waals surface area (Å²) in [5.41, 5.74) is 7.25. The van der Waals surface area contributed by atoms with Gasteiger partial charge in [0, 0.05) is 26.7 Å². The summed E-state index contributed by atoms with van der Waals surface area (Å²) in [5, 5.41) is 2.74. The fourth-order valence-electron chi connectivity index (χ4n) is 3.50. The molecule has 1 N–H and O–H groups in total. The molecule has 21 heavy (non-hydrogen) atoms. The number of fused-ring (bicyclic) bond motifs is 1. The third-order valence-corrected chi connectivity index (χ3v) is 4.88. The molecule has 112 valence electrons. The molecule has 2 aliphatic rings. The minimum Gasteiger partial charge on any atom is -0.359 e. The zero-order valence-corrected chi connectivity index (χ0v) is 13.2. The van der Waals surface area contributed by atoms with Gasteiger partial charge in [-0.3, -0.25) is 9.69 Å². The van der Waals surface area contributed by atoms with Crippen LogP contribution < -0.4 is 5.32 Å². The van der Waals surface area contributed by atoms with Gasteiger partial charge in [0.05, 0.1) is 5.92 Å². The maximum atomic E-state index is 11.5. The zero-order chi connectivity index (χ0) is 15.0. The van der Waals surface area contributed by atoms with Crippen LogP contribution in [-0.2, 0) is 11.2 Å². The molecule has 1 heterocycles. The Hall–Kier alpha value is -1.61. The van der Waals surface area contributed by atoms with E-state index in [4.69, 9.17) is 0 Å². The molecule has 3 heteroatoms. The van der Waals surface area contributed by atoms with Gasteiger partial charge in [0.2, 0.25) is 5.91 Å². The minimum atomic E-state index is 0.182. The van der Waals surface area contributed by atoms with Crippen LogP contribution in [0.4, 0.5) is 0 Å². The van der Waals surface area contributed by atoms with E-state index in [1.165, 1.54) is 22.3 Å². The number of carbonyl (C=O) groups is 1. The average molecular weight is 284 g/mol. The number of likely N-dealkylation sites (tertiary alicyclic amines) is 1. The Morgan fingerprint density at radius 3 is 2.76 bits per heavy atom. The van der Waals surface area contributed by atoms with Crippen LogP contribution in [0.3, 0.4) is 0 Å². The van der Waals surface area contributed by atoms with E-state index in [9.17, 15) is 4.79 Å². The van der Waals surface area contributed by atoms with Gasteiger partial charge < -0.3 is 5.32 Å². The highest BCUT2D eigenvalue weighted by Crippen LogP contribution is 2.33. The molecule has 1 aliphatic heterocycles. The second kappa shape index (κ2) is 5.64. The van der Waals surface area contributed by atoms with Gasteiger partial charge in [-0.1, -0.05) is 29.3 Å². The van der Waals surface area contributed by atoms with E-state index in [0.717, 1.165) is 32.5 Å². The topological polar surface area (TPSA) is 32.3 Å². The van der Waals surface area contributed by atoms with E-state index in [1.54, 1.807) is 12.6 Å². The van der Waals surface area contributed by atoms with Gasteiger partial charge in [-0.15, -0.1) is 0 Å². The van der Waals surface area contributed by atoms with Gasteiger partial charge in [0.25, 0.3) is 0 Å². The molecule has 1 aromatic rings. The number of allylic oxidation sites excluding steroid dienone is 1.